The summed E-state index contributed by atoms with van der Waals surface area (Å²) in [5.74, 6) is 2.76. The number of rotatable bonds is 13. The van der Waals surface area contributed by atoms with Gasteiger partial charge in [-0.05, 0) is 6.42 Å². The highest BCUT2D eigenvalue weighted by Crippen LogP contribution is 2.66. The van der Waals surface area contributed by atoms with Gasteiger partial charge in [-0.15, -0.1) is 0 Å². The number of aliphatic hydroxyl groups excluding tert-OH is 1. The summed E-state index contributed by atoms with van der Waals surface area (Å²) < 4.78 is 89.7. The number of fused-ring (bicyclic) bond motifs is 1. The summed E-state index contributed by atoms with van der Waals surface area (Å²) in [7, 11) is -16.8. The third-order valence-corrected chi connectivity index (χ3v) is 9.49. The standard InChI is InChI=1S/C20H26F3N6O14P3/c21-20(22,23)19(32)26-6-2-4-14(31)25-5-1-3-11-8-29(18-16(11)17(24)27-10-28-18)15-7-12(30)13(41-15)9-40-45(36,37)43-46(38,39)42-44(33,34)35/h8,10,12-13,15,30H,2,4-7,9H2,(H,25,31)(H,26,32)(H,36,37)(H,38,39)(H2,24,27,28)(H2,33,34,35)/t12-,13-,15-/m1/s1. The van der Waals surface area contributed by atoms with E-state index in [0.29, 0.717) is 0 Å². The number of aliphatic hydroxyl groups is 1. The average Bonchev–Trinajstić information content (AvgIpc) is 3.46. The van der Waals surface area contributed by atoms with Gasteiger partial charge in [-0.3, -0.25) is 14.1 Å². The lowest BCUT2D eigenvalue weighted by atomic mass is 10.2. The molecule has 0 bridgehead atoms. The number of carbonyl (C=O) groups excluding carboxylic acids is 2. The van der Waals surface area contributed by atoms with E-state index in [2.05, 4.69) is 40.3 Å². The number of phosphoric acid groups is 3. The van der Waals surface area contributed by atoms with Crippen molar-refractivity contribution in [2.45, 2.75) is 43.9 Å². The number of aromatic nitrogens is 3. The van der Waals surface area contributed by atoms with E-state index in [1.54, 1.807) is 5.32 Å². The quantitative estimate of drug-likeness (QED) is 0.0762. The van der Waals surface area contributed by atoms with Crippen LogP contribution >= 0.6 is 23.5 Å². The number of nitrogen functional groups attached to an aromatic ring is 1. The molecule has 26 heteroatoms. The van der Waals surface area contributed by atoms with E-state index in [0.717, 1.165) is 6.33 Å². The van der Waals surface area contributed by atoms with Crippen molar-refractivity contribution < 1.29 is 79.0 Å². The van der Waals surface area contributed by atoms with Crippen LogP contribution in [0.4, 0.5) is 19.0 Å². The third kappa shape index (κ3) is 11.1. The maximum atomic E-state index is 12.2. The number of phosphoric ester groups is 1. The van der Waals surface area contributed by atoms with Crippen molar-refractivity contribution in [3.05, 3.63) is 18.1 Å². The molecule has 2 aromatic rings. The zero-order valence-corrected chi connectivity index (χ0v) is 25.6. The van der Waals surface area contributed by atoms with E-state index < -0.39 is 66.5 Å². The van der Waals surface area contributed by atoms with E-state index >= 15 is 0 Å². The first kappa shape index (κ1) is 37.5. The fraction of sp³-hybridized carbons (Fsp3) is 0.500. The molecule has 3 rings (SSSR count). The predicted octanol–water partition coefficient (Wildman–Crippen LogP) is -0.0684. The van der Waals surface area contributed by atoms with Crippen molar-refractivity contribution in [2.24, 2.45) is 0 Å². The van der Waals surface area contributed by atoms with Crippen LogP contribution in [0, 0.1) is 11.8 Å². The summed E-state index contributed by atoms with van der Waals surface area (Å²) in [6.07, 6.45) is -6.56. The average molecular weight is 724 g/mol. The Labute approximate surface area is 255 Å². The Hall–Kier alpha value is -2.96. The summed E-state index contributed by atoms with van der Waals surface area (Å²) in [5, 5.41) is 14.8. The monoisotopic (exact) mass is 724 g/mol. The van der Waals surface area contributed by atoms with Crippen LogP contribution in [0.5, 0.6) is 0 Å². The molecule has 9 N–H and O–H groups in total. The maximum absolute atomic E-state index is 12.2. The van der Waals surface area contributed by atoms with Crippen molar-refractivity contribution in [1.29, 1.82) is 0 Å². The highest BCUT2D eigenvalue weighted by atomic mass is 31.3. The van der Waals surface area contributed by atoms with Crippen LogP contribution in [0.2, 0.25) is 0 Å². The maximum Gasteiger partial charge on any atom is 0.490 e. The topological polar surface area (TPSA) is 304 Å². The number of nitrogens with zero attached hydrogens (tertiary/aromatic N) is 3. The molecule has 1 saturated heterocycles. The second kappa shape index (κ2) is 14.9. The molecule has 1 aliphatic rings. The van der Waals surface area contributed by atoms with Gasteiger partial charge in [0.1, 0.15) is 30.1 Å². The molecule has 46 heavy (non-hydrogen) atoms. The lowest BCUT2D eigenvalue weighted by molar-refractivity contribution is -0.173. The van der Waals surface area contributed by atoms with Gasteiger partial charge in [0.25, 0.3) is 0 Å². The lowest BCUT2D eigenvalue weighted by Gasteiger charge is -2.19. The molecule has 2 unspecified atom stereocenters. The number of halogens is 3. The van der Waals surface area contributed by atoms with Gasteiger partial charge in [0, 0.05) is 25.6 Å². The van der Waals surface area contributed by atoms with Crippen molar-refractivity contribution >= 4 is 52.1 Å². The molecule has 1 aliphatic heterocycles. The fourth-order valence-corrected chi connectivity index (χ4v) is 6.88. The number of anilines is 1. The largest absolute Gasteiger partial charge is 0.490 e. The smallest absolute Gasteiger partial charge is 0.390 e. The van der Waals surface area contributed by atoms with Gasteiger partial charge in [-0.2, -0.15) is 21.8 Å². The molecule has 0 spiro atoms. The molecular formula is C20H26F3N6O14P3. The number of ether oxygens (including phenoxy) is 1. The minimum Gasteiger partial charge on any atom is -0.390 e. The molecule has 2 amide bonds. The van der Waals surface area contributed by atoms with Gasteiger partial charge >= 0.3 is 35.6 Å². The highest BCUT2D eigenvalue weighted by molar-refractivity contribution is 7.66. The molecule has 20 nitrogen and oxygen atoms in total. The van der Waals surface area contributed by atoms with Gasteiger partial charge in [0.15, 0.2) is 0 Å². The molecule has 5 atom stereocenters. The third-order valence-electron chi connectivity index (χ3n) is 5.69. The summed E-state index contributed by atoms with van der Waals surface area (Å²) in [4.78, 5) is 66.9. The van der Waals surface area contributed by atoms with Crippen molar-refractivity contribution in [2.75, 3.05) is 25.4 Å². The summed E-state index contributed by atoms with van der Waals surface area (Å²) in [6, 6.07) is 0. The van der Waals surface area contributed by atoms with Crippen LogP contribution < -0.4 is 16.4 Å². The first-order chi connectivity index (χ1) is 21.2. The number of nitrogens with one attached hydrogen (secondary N) is 2. The number of alkyl halides is 3. The molecule has 3 heterocycles. The molecule has 0 radical (unpaired) electrons. The second-order valence-corrected chi connectivity index (χ2v) is 13.6. The Morgan fingerprint density at radius 2 is 1.83 bits per heavy atom. The SMILES string of the molecule is Nc1ncnc2c1c(C#CCNC(=O)CCCNC(=O)C(F)(F)F)cn2[C@H]1C[C@@H](O)[C@@H](COP(=O)(O)OP(=O)(O)OP(=O)(O)O)O1. The molecular weight excluding hydrogens is 698 g/mol. The lowest BCUT2D eigenvalue weighted by Crippen LogP contribution is -2.37. The van der Waals surface area contributed by atoms with Gasteiger partial charge < -0.3 is 50.4 Å². The van der Waals surface area contributed by atoms with E-state index in [-0.39, 0.29) is 54.8 Å². The molecule has 2 aromatic heterocycles. The van der Waals surface area contributed by atoms with Crippen LogP contribution in [-0.2, 0) is 41.2 Å². The van der Waals surface area contributed by atoms with Crippen molar-refractivity contribution in [1.82, 2.24) is 25.2 Å². The fourth-order valence-electron chi connectivity index (χ4n) is 3.85. The summed E-state index contributed by atoms with van der Waals surface area (Å²) >= 11 is 0. The number of hydrogen-bond donors (Lipinski definition) is 8. The van der Waals surface area contributed by atoms with Crippen LogP contribution in [-0.4, -0.2) is 89.1 Å². The normalized spacial score (nSPS) is 21.2. The van der Waals surface area contributed by atoms with Crippen molar-refractivity contribution in [3.8, 4) is 11.8 Å². The van der Waals surface area contributed by atoms with Gasteiger partial charge in [0.2, 0.25) is 5.91 Å². The van der Waals surface area contributed by atoms with Crippen LogP contribution in [0.1, 0.15) is 31.1 Å². The first-order valence-electron chi connectivity index (χ1n) is 12.5. The Morgan fingerprint density at radius 1 is 1.13 bits per heavy atom. The molecule has 0 saturated carbocycles. The molecule has 0 aliphatic carbocycles. The second-order valence-electron chi connectivity index (χ2n) is 9.16. The number of amides is 2. The van der Waals surface area contributed by atoms with Crippen LogP contribution in [0.25, 0.3) is 11.0 Å². The first-order valence-corrected chi connectivity index (χ1v) is 17.0. The Balaban J connectivity index is 1.62. The Morgan fingerprint density at radius 3 is 2.48 bits per heavy atom. The Kier molecular flexibility index (Phi) is 12.1. The van der Waals surface area contributed by atoms with Crippen LogP contribution in [0.15, 0.2) is 12.5 Å². The van der Waals surface area contributed by atoms with E-state index in [4.69, 9.17) is 20.3 Å². The number of carbonyl (C=O) groups is 2. The number of nitrogens with two attached hydrogens (primary N) is 1. The van der Waals surface area contributed by atoms with Crippen LogP contribution in [0.3, 0.4) is 0 Å². The molecule has 1 fully saturated rings. The minimum atomic E-state index is -5.75. The van der Waals surface area contributed by atoms with Crippen molar-refractivity contribution in [3.63, 3.8) is 0 Å². The summed E-state index contributed by atoms with van der Waals surface area (Å²) in [5.41, 5.74) is 6.43. The predicted molar refractivity (Wildman–Crippen MR) is 144 cm³/mol. The molecule has 256 valence electrons. The van der Waals surface area contributed by atoms with E-state index in [1.807, 2.05) is 0 Å². The zero-order valence-electron chi connectivity index (χ0n) is 22.9. The summed E-state index contributed by atoms with van der Waals surface area (Å²) in [6.45, 7) is -1.46. The van der Waals surface area contributed by atoms with E-state index in [9.17, 15) is 51.3 Å². The van der Waals surface area contributed by atoms with E-state index in [1.165, 1.54) is 10.8 Å². The highest BCUT2D eigenvalue weighted by Gasteiger charge is 2.43. The Bertz CT molecular complexity index is 1660. The van der Waals surface area contributed by atoms with Gasteiger partial charge in [-0.1, -0.05) is 11.8 Å². The molecule has 0 aromatic carbocycles. The number of hydrogen-bond acceptors (Lipinski definition) is 13. The zero-order chi connectivity index (χ0) is 34.5. The minimum absolute atomic E-state index is 0.000689. The van der Waals surface area contributed by atoms with Gasteiger partial charge in [0.05, 0.1) is 30.2 Å². The van der Waals surface area contributed by atoms with Gasteiger partial charge in [-0.25, -0.2) is 23.7 Å².